The van der Waals surface area contributed by atoms with Crippen molar-refractivity contribution in [3.63, 3.8) is 0 Å². The van der Waals surface area contributed by atoms with Gasteiger partial charge in [-0.15, -0.1) is 0 Å². The summed E-state index contributed by atoms with van der Waals surface area (Å²) in [5.41, 5.74) is 3.49. The fourth-order valence-corrected chi connectivity index (χ4v) is 4.37. The molecule has 2 aromatic carbocycles. The van der Waals surface area contributed by atoms with E-state index in [1.807, 2.05) is 26.2 Å². The first kappa shape index (κ1) is 23.0. The summed E-state index contributed by atoms with van der Waals surface area (Å²) in [5, 5.41) is 14.5. The van der Waals surface area contributed by atoms with Gasteiger partial charge in [-0.3, -0.25) is 0 Å². The molecule has 0 bridgehead atoms. The predicted octanol–water partition coefficient (Wildman–Crippen LogP) is 4.93. The highest BCUT2D eigenvalue weighted by Gasteiger charge is 2.23. The molecule has 8 heteroatoms. The summed E-state index contributed by atoms with van der Waals surface area (Å²) in [7, 11) is 3.98. The van der Waals surface area contributed by atoms with Crippen LogP contribution in [-0.2, 0) is 19.6 Å². The molecule has 176 valence electrons. The topological polar surface area (TPSA) is 79.0 Å². The highest BCUT2D eigenvalue weighted by molar-refractivity contribution is 5.84. The molecule has 33 heavy (non-hydrogen) atoms. The van der Waals surface area contributed by atoms with Crippen molar-refractivity contribution in [3.8, 4) is 5.75 Å². The zero-order valence-corrected chi connectivity index (χ0v) is 19.1. The Kier molecular flexibility index (Phi) is 7.13. The molecule has 1 saturated heterocycles. The fourth-order valence-electron chi connectivity index (χ4n) is 4.37. The Hall–Kier alpha value is -3.13. The number of aromatic nitrogens is 1. The smallest absolute Gasteiger partial charge is 0.407 e. The number of nitrogens with zero attached hydrogens (tertiary/aromatic N) is 3. The maximum Gasteiger partial charge on any atom is 0.407 e. The summed E-state index contributed by atoms with van der Waals surface area (Å²) >= 11 is 0. The zero-order chi connectivity index (χ0) is 23.4. The largest absolute Gasteiger partial charge is 0.488 e. The van der Waals surface area contributed by atoms with Crippen LogP contribution < -0.4 is 4.74 Å². The first-order valence-corrected chi connectivity index (χ1v) is 11.3. The number of carbonyl (C=O) groups is 1. The van der Waals surface area contributed by atoms with E-state index in [1.165, 1.54) is 17.0 Å². The van der Waals surface area contributed by atoms with Crippen LogP contribution in [0.15, 0.2) is 40.9 Å². The molecule has 0 spiro atoms. The minimum Gasteiger partial charge on any atom is -0.488 e. The normalized spacial score (nSPS) is 14.8. The average molecular weight is 456 g/mol. The van der Waals surface area contributed by atoms with Crippen molar-refractivity contribution in [3.05, 3.63) is 59.0 Å². The minimum atomic E-state index is -0.832. The Bertz CT molecular complexity index is 1090. The third kappa shape index (κ3) is 5.63. The van der Waals surface area contributed by atoms with Crippen molar-refractivity contribution in [2.45, 2.75) is 38.8 Å². The maximum atomic E-state index is 13.2. The van der Waals surface area contributed by atoms with Crippen LogP contribution in [0, 0.1) is 11.7 Å². The van der Waals surface area contributed by atoms with E-state index in [4.69, 9.17) is 14.4 Å². The predicted molar refractivity (Wildman–Crippen MR) is 123 cm³/mol. The zero-order valence-electron chi connectivity index (χ0n) is 19.1. The molecule has 2 heterocycles. The highest BCUT2D eigenvalue weighted by Crippen LogP contribution is 2.33. The van der Waals surface area contributed by atoms with Crippen LogP contribution in [0.1, 0.15) is 36.1 Å². The van der Waals surface area contributed by atoms with E-state index in [0.717, 1.165) is 59.2 Å². The van der Waals surface area contributed by atoms with Crippen molar-refractivity contribution in [2.75, 3.05) is 27.2 Å². The number of rotatable bonds is 8. The summed E-state index contributed by atoms with van der Waals surface area (Å²) in [6.07, 6.45) is 2.69. The quantitative estimate of drug-likeness (QED) is 0.519. The van der Waals surface area contributed by atoms with Gasteiger partial charge in [0.2, 0.25) is 0 Å². The molecule has 0 atom stereocenters. The molecule has 1 aliphatic rings. The number of benzene rings is 2. The van der Waals surface area contributed by atoms with Crippen LogP contribution in [0.3, 0.4) is 0 Å². The van der Waals surface area contributed by atoms with Crippen LogP contribution in [-0.4, -0.2) is 53.3 Å². The summed E-state index contributed by atoms with van der Waals surface area (Å²) in [4.78, 5) is 14.6. The Balaban J connectivity index is 1.47. The Morgan fingerprint density at radius 1 is 1.21 bits per heavy atom. The van der Waals surface area contributed by atoms with E-state index >= 15 is 0 Å². The lowest BCUT2D eigenvalue weighted by molar-refractivity contribution is 0.123. The molecule has 1 fully saturated rings. The van der Waals surface area contributed by atoms with Gasteiger partial charge in [0, 0.05) is 25.0 Å². The molecular weight excluding hydrogens is 425 g/mol. The van der Waals surface area contributed by atoms with Gasteiger partial charge in [-0.25, -0.2) is 9.18 Å². The van der Waals surface area contributed by atoms with Gasteiger partial charge in [0.1, 0.15) is 18.2 Å². The lowest BCUT2D eigenvalue weighted by Crippen LogP contribution is -2.37. The molecule has 7 nitrogen and oxygen atoms in total. The third-order valence-corrected chi connectivity index (χ3v) is 6.23. The summed E-state index contributed by atoms with van der Waals surface area (Å²) in [6, 6.07) is 10.2. The van der Waals surface area contributed by atoms with Gasteiger partial charge in [-0.05, 0) is 75.5 Å². The van der Waals surface area contributed by atoms with E-state index in [9.17, 15) is 9.18 Å². The number of fused-ring (bicyclic) bond motifs is 1. The van der Waals surface area contributed by atoms with Crippen LogP contribution in [0.4, 0.5) is 9.18 Å². The second-order valence-corrected chi connectivity index (χ2v) is 8.95. The molecule has 1 amide bonds. The number of halogens is 1. The van der Waals surface area contributed by atoms with E-state index in [2.05, 4.69) is 10.1 Å². The second kappa shape index (κ2) is 10.2. The van der Waals surface area contributed by atoms with Crippen molar-refractivity contribution < 1.29 is 23.6 Å². The van der Waals surface area contributed by atoms with Gasteiger partial charge in [-0.2, -0.15) is 0 Å². The lowest BCUT2D eigenvalue weighted by Gasteiger charge is -2.29. The SMILES string of the molecule is CN(C)Cc1c(OCc2ccc(F)cc2)ccc2c(CCC3CCN(C(=O)O)CC3)noc12. The van der Waals surface area contributed by atoms with Crippen LogP contribution in [0.2, 0.25) is 0 Å². The molecule has 4 rings (SSSR count). The Morgan fingerprint density at radius 3 is 2.61 bits per heavy atom. The van der Waals surface area contributed by atoms with Gasteiger partial charge in [0.05, 0.1) is 11.3 Å². The molecular formula is C25H30FN3O4. The number of aryl methyl sites for hydroxylation is 1. The van der Waals surface area contributed by atoms with Crippen LogP contribution >= 0.6 is 0 Å². The monoisotopic (exact) mass is 455 g/mol. The number of hydrogen-bond donors (Lipinski definition) is 1. The molecule has 0 saturated carbocycles. The van der Waals surface area contributed by atoms with E-state index in [-0.39, 0.29) is 5.82 Å². The minimum absolute atomic E-state index is 0.268. The molecule has 1 aromatic heterocycles. The number of carboxylic acid groups (broad SMARTS) is 1. The molecule has 1 N–H and O–H groups in total. The van der Waals surface area contributed by atoms with E-state index < -0.39 is 6.09 Å². The first-order chi connectivity index (χ1) is 15.9. The number of likely N-dealkylation sites (tertiary alicyclic amines) is 1. The van der Waals surface area contributed by atoms with Crippen LogP contribution in [0.25, 0.3) is 11.0 Å². The second-order valence-electron chi connectivity index (χ2n) is 8.95. The fraction of sp³-hybridized carbons (Fsp3) is 0.440. The van der Waals surface area contributed by atoms with Crippen molar-refractivity contribution in [2.24, 2.45) is 5.92 Å². The van der Waals surface area contributed by atoms with Crippen molar-refractivity contribution in [1.82, 2.24) is 15.0 Å². The van der Waals surface area contributed by atoms with Gasteiger partial charge in [0.25, 0.3) is 0 Å². The Morgan fingerprint density at radius 2 is 1.94 bits per heavy atom. The molecule has 0 radical (unpaired) electrons. The standard InChI is InChI=1S/C25H30FN3O4/c1-28(2)15-21-23(32-16-18-3-6-19(26)7-4-18)10-8-20-22(27-33-24(20)21)9-5-17-11-13-29(14-12-17)25(30)31/h3-4,6-8,10,17H,5,9,11-16H2,1-2H3,(H,30,31). The van der Waals surface area contributed by atoms with Crippen molar-refractivity contribution in [1.29, 1.82) is 0 Å². The van der Waals surface area contributed by atoms with E-state index in [0.29, 0.717) is 32.2 Å². The first-order valence-electron chi connectivity index (χ1n) is 11.3. The maximum absolute atomic E-state index is 13.2. The summed E-state index contributed by atoms with van der Waals surface area (Å²) in [6.45, 7) is 2.17. The third-order valence-electron chi connectivity index (χ3n) is 6.23. The van der Waals surface area contributed by atoms with Gasteiger partial charge in [0.15, 0.2) is 5.58 Å². The molecule has 0 unspecified atom stereocenters. The summed E-state index contributed by atoms with van der Waals surface area (Å²) in [5.74, 6) is 0.950. The Labute approximate surface area is 192 Å². The summed E-state index contributed by atoms with van der Waals surface area (Å²) < 4.78 is 25.0. The van der Waals surface area contributed by atoms with Gasteiger partial charge >= 0.3 is 6.09 Å². The molecule has 1 aliphatic heterocycles. The average Bonchev–Trinajstić information content (AvgIpc) is 3.21. The van der Waals surface area contributed by atoms with Gasteiger partial charge < -0.3 is 24.2 Å². The molecule has 3 aromatic rings. The number of hydrogen-bond acceptors (Lipinski definition) is 5. The molecule has 0 aliphatic carbocycles. The highest BCUT2D eigenvalue weighted by atomic mass is 19.1. The van der Waals surface area contributed by atoms with Gasteiger partial charge in [-0.1, -0.05) is 17.3 Å². The van der Waals surface area contributed by atoms with Crippen molar-refractivity contribution >= 4 is 17.1 Å². The van der Waals surface area contributed by atoms with Crippen LogP contribution in [0.5, 0.6) is 5.75 Å². The number of amides is 1. The number of piperidine rings is 1. The number of ether oxygens (including phenoxy) is 1. The van der Waals surface area contributed by atoms with E-state index in [1.54, 1.807) is 12.1 Å². The lowest BCUT2D eigenvalue weighted by atomic mass is 9.91.